The van der Waals surface area contributed by atoms with Crippen molar-refractivity contribution in [2.45, 2.75) is 56.5 Å². The van der Waals surface area contributed by atoms with Crippen molar-refractivity contribution in [1.82, 2.24) is 4.90 Å². The van der Waals surface area contributed by atoms with Crippen LogP contribution < -0.4 is 4.90 Å². The van der Waals surface area contributed by atoms with Crippen LogP contribution in [-0.4, -0.2) is 41.5 Å². The highest BCUT2D eigenvalue weighted by atomic mass is 19.1. The summed E-state index contributed by atoms with van der Waals surface area (Å²) in [5.41, 5.74) is 2.22. The molecular weight excluding hydrogens is 427 g/mol. The summed E-state index contributed by atoms with van der Waals surface area (Å²) in [6.45, 7) is 3.75. The number of hydrogen-bond acceptors (Lipinski definition) is 4. The summed E-state index contributed by atoms with van der Waals surface area (Å²) in [7, 11) is 0. The summed E-state index contributed by atoms with van der Waals surface area (Å²) in [4.78, 5) is 16.8. The lowest BCUT2D eigenvalue weighted by Crippen LogP contribution is -2.47. The fourth-order valence-electron chi connectivity index (χ4n) is 6.56. The summed E-state index contributed by atoms with van der Waals surface area (Å²) < 4.78 is 16.1. The highest BCUT2D eigenvalue weighted by molar-refractivity contribution is 5.92. The van der Waals surface area contributed by atoms with E-state index in [0.717, 1.165) is 37.2 Å². The molecule has 4 nitrogen and oxygen atoms in total. The van der Waals surface area contributed by atoms with Gasteiger partial charge in [0.2, 0.25) is 0 Å². The first-order valence-corrected chi connectivity index (χ1v) is 12.5. The number of ketones is 1. The van der Waals surface area contributed by atoms with Gasteiger partial charge in [0.1, 0.15) is 5.78 Å². The number of Topliss-reactive ketones (excluding diaryl/α,β-unsaturated/α-hetero) is 1. The van der Waals surface area contributed by atoms with Gasteiger partial charge >= 0.3 is 0 Å². The van der Waals surface area contributed by atoms with E-state index in [1.807, 2.05) is 36.4 Å². The minimum atomic E-state index is -1.61. The second kappa shape index (κ2) is 8.17. The van der Waals surface area contributed by atoms with Crippen molar-refractivity contribution in [3.8, 4) is 0 Å². The van der Waals surface area contributed by atoms with Gasteiger partial charge in [-0.2, -0.15) is 0 Å². The van der Waals surface area contributed by atoms with Gasteiger partial charge in [-0.05, 0) is 40.8 Å². The van der Waals surface area contributed by atoms with Crippen LogP contribution >= 0.6 is 0 Å². The Morgan fingerprint density at radius 2 is 1.74 bits per heavy atom. The number of rotatable bonds is 5. The molecule has 0 bridgehead atoms. The van der Waals surface area contributed by atoms with E-state index in [0.29, 0.717) is 12.0 Å². The third-order valence-electron chi connectivity index (χ3n) is 8.23. The number of nitrogens with zero attached hydrogens (tertiary/aromatic N) is 2. The van der Waals surface area contributed by atoms with Gasteiger partial charge in [-0.3, -0.25) is 9.69 Å². The Bertz CT molecular complexity index is 1250. The van der Waals surface area contributed by atoms with Crippen molar-refractivity contribution < 1.29 is 14.3 Å². The highest BCUT2D eigenvalue weighted by Crippen LogP contribution is 2.49. The predicted molar refractivity (Wildman–Crippen MR) is 133 cm³/mol. The van der Waals surface area contributed by atoms with Gasteiger partial charge in [0, 0.05) is 43.2 Å². The molecule has 3 aliphatic rings. The minimum Gasteiger partial charge on any atom is -0.386 e. The van der Waals surface area contributed by atoms with Crippen LogP contribution in [0.4, 0.5) is 10.1 Å². The molecule has 1 aliphatic carbocycles. The molecule has 3 aromatic rings. The second-order valence-corrected chi connectivity index (χ2v) is 10.1. The molecule has 0 amide bonds. The number of alkyl halides is 1. The monoisotopic (exact) mass is 458 g/mol. The van der Waals surface area contributed by atoms with Crippen molar-refractivity contribution in [2.75, 3.05) is 24.5 Å². The van der Waals surface area contributed by atoms with Crippen molar-refractivity contribution >= 4 is 22.2 Å². The van der Waals surface area contributed by atoms with Crippen LogP contribution in [0.2, 0.25) is 0 Å². The number of anilines is 1. The number of fused-ring (bicyclic) bond motifs is 1. The van der Waals surface area contributed by atoms with Gasteiger partial charge in [-0.1, -0.05) is 61.5 Å². The second-order valence-electron chi connectivity index (χ2n) is 10.1. The van der Waals surface area contributed by atoms with Crippen molar-refractivity contribution in [3.63, 3.8) is 0 Å². The maximum absolute atomic E-state index is 16.1. The van der Waals surface area contributed by atoms with Crippen LogP contribution in [0.3, 0.4) is 0 Å². The molecule has 3 aromatic carbocycles. The molecule has 1 N–H and O–H groups in total. The molecule has 1 fully saturated rings. The fourth-order valence-corrected chi connectivity index (χ4v) is 6.56. The van der Waals surface area contributed by atoms with E-state index in [4.69, 9.17) is 0 Å². The smallest absolute Gasteiger partial charge is 0.162 e. The first-order valence-electron chi connectivity index (χ1n) is 12.5. The minimum absolute atomic E-state index is 0.0297. The first-order chi connectivity index (χ1) is 16.5. The zero-order valence-electron chi connectivity index (χ0n) is 19.6. The number of piperidine rings is 1. The summed E-state index contributed by atoms with van der Waals surface area (Å²) in [5.74, 6) is -0.0297. The molecule has 3 atom stereocenters. The van der Waals surface area contributed by atoms with Gasteiger partial charge in [0.05, 0.1) is 18.7 Å². The molecule has 0 spiro atoms. The number of hydrogen-bond donors (Lipinski definition) is 1. The number of carbonyl (C=O) groups is 1. The Labute approximate surface area is 200 Å². The third-order valence-corrected chi connectivity index (χ3v) is 8.23. The Hall–Kier alpha value is -2.76. The predicted octanol–water partition coefficient (Wildman–Crippen LogP) is 5.45. The number of aliphatic hydroxyl groups is 1. The molecule has 176 valence electrons. The molecule has 2 heterocycles. The standard InChI is InChI=1S/C29H31FN2O2/c1-2-21(33)17-29(30)18-32(25-12-4-3-11-24(25)29)20-13-15-31(16-14-20)27-22-9-5-7-19-8-6-10-23(26(19)22)28(27)34/h3-12,20,27-28,34H,2,13-18H2,1H3/t27?,28-,29-/m1/s1. The number of para-hydroxylation sites is 1. The average Bonchev–Trinajstić information content (AvgIpc) is 3.32. The normalized spacial score (nSPS) is 26.9. The molecule has 1 saturated heterocycles. The van der Waals surface area contributed by atoms with Crippen LogP contribution in [0.25, 0.3) is 10.8 Å². The SMILES string of the molecule is CCC(=O)C[C@@]1(F)CN(C2CCN(C3c4cccc5cccc(c45)[C@H]3O)CC2)c2ccccc21. The van der Waals surface area contributed by atoms with E-state index in [1.54, 1.807) is 6.92 Å². The zero-order valence-corrected chi connectivity index (χ0v) is 19.6. The highest BCUT2D eigenvalue weighted by Gasteiger charge is 2.47. The summed E-state index contributed by atoms with van der Waals surface area (Å²) >= 11 is 0. The Morgan fingerprint density at radius 3 is 2.47 bits per heavy atom. The van der Waals surface area contributed by atoms with Crippen LogP contribution in [-0.2, 0) is 10.5 Å². The number of carbonyl (C=O) groups excluding carboxylic acids is 1. The van der Waals surface area contributed by atoms with E-state index in [2.05, 4.69) is 34.1 Å². The maximum atomic E-state index is 16.1. The lowest BCUT2D eigenvalue weighted by atomic mass is 9.92. The lowest BCUT2D eigenvalue weighted by molar-refractivity contribution is -0.121. The zero-order chi connectivity index (χ0) is 23.4. The quantitative estimate of drug-likeness (QED) is 0.552. The summed E-state index contributed by atoms with van der Waals surface area (Å²) in [6, 6.07) is 20.4. The van der Waals surface area contributed by atoms with Crippen LogP contribution in [0.5, 0.6) is 0 Å². The van der Waals surface area contributed by atoms with Crippen molar-refractivity contribution in [1.29, 1.82) is 0 Å². The molecule has 1 unspecified atom stereocenters. The molecule has 2 aliphatic heterocycles. The summed E-state index contributed by atoms with van der Waals surface area (Å²) in [5, 5.41) is 13.6. The molecule has 0 saturated carbocycles. The fraction of sp³-hybridized carbons (Fsp3) is 0.414. The van der Waals surface area contributed by atoms with E-state index < -0.39 is 11.8 Å². The first kappa shape index (κ1) is 21.8. The average molecular weight is 459 g/mol. The molecule has 0 radical (unpaired) electrons. The van der Waals surface area contributed by atoms with E-state index in [-0.39, 0.29) is 30.8 Å². The van der Waals surface area contributed by atoms with Gasteiger partial charge in [0.15, 0.2) is 5.67 Å². The molecular formula is C29H31FN2O2. The lowest BCUT2D eigenvalue weighted by Gasteiger charge is -2.41. The Kier molecular flexibility index (Phi) is 5.23. The van der Waals surface area contributed by atoms with E-state index >= 15 is 4.39 Å². The molecule has 34 heavy (non-hydrogen) atoms. The van der Waals surface area contributed by atoms with Gasteiger partial charge in [0.25, 0.3) is 0 Å². The largest absolute Gasteiger partial charge is 0.386 e. The van der Waals surface area contributed by atoms with Crippen LogP contribution in [0, 0.1) is 0 Å². The van der Waals surface area contributed by atoms with E-state index in [9.17, 15) is 9.90 Å². The summed E-state index contributed by atoms with van der Waals surface area (Å²) in [6.07, 6.45) is 1.60. The number of aliphatic hydroxyl groups excluding tert-OH is 1. The number of halogens is 1. The van der Waals surface area contributed by atoms with Crippen molar-refractivity contribution in [3.05, 3.63) is 77.4 Å². The molecule has 0 aromatic heterocycles. The van der Waals surface area contributed by atoms with E-state index in [1.165, 1.54) is 16.3 Å². The Balaban J connectivity index is 1.22. The van der Waals surface area contributed by atoms with Gasteiger partial charge in [-0.25, -0.2) is 4.39 Å². The van der Waals surface area contributed by atoms with Gasteiger partial charge < -0.3 is 10.0 Å². The Morgan fingerprint density at radius 1 is 1.03 bits per heavy atom. The van der Waals surface area contributed by atoms with Crippen LogP contribution in [0.15, 0.2) is 60.7 Å². The number of likely N-dealkylation sites (tertiary alicyclic amines) is 1. The van der Waals surface area contributed by atoms with Crippen LogP contribution in [0.1, 0.15) is 61.4 Å². The van der Waals surface area contributed by atoms with Gasteiger partial charge in [-0.15, -0.1) is 0 Å². The van der Waals surface area contributed by atoms with Crippen molar-refractivity contribution in [2.24, 2.45) is 0 Å². The topological polar surface area (TPSA) is 43.8 Å². The maximum Gasteiger partial charge on any atom is 0.162 e. The third kappa shape index (κ3) is 3.29. The molecule has 5 heteroatoms. The molecule has 6 rings (SSSR count). The number of benzene rings is 3.